The Hall–Kier alpha value is -1.10. The van der Waals surface area contributed by atoms with E-state index in [1.54, 1.807) is 0 Å². The first-order valence-corrected chi connectivity index (χ1v) is 6.26. The smallest absolute Gasteiger partial charge is 0.321 e. The number of hydrogen-bond donors (Lipinski definition) is 2. The molecule has 1 aromatic heterocycles. The minimum atomic E-state index is -0.226. The molecule has 5 heteroatoms. The summed E-state index contributed by atoms with van der Waals surface area (Å²) < 4.78 is 0. The Labute approximate surface area is 101 Å². The fourth-order valence-corrected chi connectivity index (χ4v) is 1.56. The number of carbonyl (C=O) groups excluding carboxylic acids is 1. The average Bonchev–Trinajstić information content (AvgIpc) is 2.51. The van der Waals surface area contributed by atoms with Gasteiger partial charge in [0.25, 0.3) is 0 Å². The summed E-state index contributed by atoms with van der Waals surface area (Å²) in [5.41, 5.74) is 0.692. The average molecular weight is 243 g/mol. The first kappa shape index (κ1) is 14.9. The van der Waals surface area contributed by atoms with Crippen LogP contribution >= 0.6 is 11.3 Å². The standard InChI is InChI=1S/C9H15N3OS.C2H6/c1-6-5-14-8(10-6)11-7(13)12-9(2,3)4;1-2/h5H,1-4H3,(H2,10,11,12,13);1-2H3. The lowest BCUT2D eigenvalue weighted by molar-refractivity contribution is 0.244. The molecule has 92 valence electrons. The Morgan fingerprint density at radius 1 is 1.38 bits per heavy atom. The number of amides is 2. The first-order valence-electron chi connectivity index (χ1n) is 5.38. The molecule has 0 fully saturated rings. The summed E-state index contributed by atoms with van der Waals surface area (Å²) in [6.07, 6.45) is 0. The summed E-state index contributed by atoms with van der Waals surface area (Å²) in [4.78, 5) is 15.5. The number of nitrogens with zero attached hydrogens (tertiary/aromatic N) is 1. The first-order chi connectivity index (χ1) is 7.37. The van der Waals surface area contributed by atoms with Crippen LogP contribution in [0.25, 0.3) is 0 Å². The zero-order valence-corrected chi connectivity index (χ0v) is 11.7. The molecule has 0 atom stereocenters. The molecular formula is C11H21N3OS. The van der Waals surface area contributed by atoms with Crippen LogP contribution in [-0.2, 0) is 0 Å². The van der Waals surface area contributed by atoms with Gasteiger partial charge < -0.3 is 5.32 Å². The van der Waals surface area contributed by atoms with Crippen LogP contribution in [0.3, 0.4) is 0 Å². The fraction of sp³-hybridized carbons (Fsp3) is 0.636. The van der Waals surface area contributed by atoms with Gasteiger partial charge in [-0.25, -0.2) is 9.78 Å². The van der Waals surface area contributed by atoms with Crippen LogP contribution in [0.2, 0.25) is 0 Å². The topological polar surface area (TPSA) is 54.0 Å². The number of nitrogens with one attached hydrogen (secondary N) is 2. The van der Waals surface area contributed by atoms with E-state index >= 15 is 0 Å². The van der Waals surface area contributed by atoms with Crippen LogP contribution in [0.5, 0.6) is 0 Å². The van der Waals surface area contributed by atoms with Gasteiger partial charge in [0.05, 0.1) is 5.69 Å². The molecule has 16 heavy (non-hydrogen) atoms. The van der Waals surface area contributed by atoms with Crippen molar-refractivity contribution in [1.82, 2.24) is 10.3 Å². The minimum absolute atomic E-state index is 0.216. The van der Waals surface area contributed by atoms with E-state index in [4.69, 9.17) is 0 Å². The maximum atomic E-state index is 11.4. The Bertz CT molecular complexity index is 328. The van der Waals surface area contributed by atoms with Gasteiger partial charge in [0.2, 0.25) is 0 Å². The summed E-state index contributed by atoms with van der Waals surface area (Å²) in [7, 11) is 0. The number of rotatable bonds is 1. The van der Waals surface area contributed by atoms with E-state index in [9.17, 15) is 4.79 Å². The van der Waals surface area contributed by atoms with Gasteiger partial charge in [-0.3, -0.25) is 5.32 Å². The van der Waals surface area contributed by atoms with Crippen LogP contribution in [0, 0.1) is 6.92 Å². The molecule has 0 aromatic carbocycles. The summed E-state index contributed by atoms with van der Waals surface area (Å²) in [5, 5.41) is 7.99. The van der Waals surface area contributed by atoms with Crippen LogP contribution in [0.1, 0.15) is 40.3 Å². The molecule has 0 aliphatic rings. The fourth-order valence-electron chi connectivity index (χ4n) is 0.880. The summed E-state index contributed by atoms with van der Waals surface area (Å²) in [6, 6.07) is -0.216. The Morgan fingerprint density at radius 2 is 1.94 bits per heavy atom. The van der Waals surface area contributed by atoms with Gasteiger partial charge in [-0.1, -0.05) is 13.8 Å². The maximum absolute atomic E-state index is 11.4. The van der Waals surface area contributed by atoms with E-state index in [0.29, 0.717) is 5.13 Å². The molecule has 0 spiro atoms. The summed E-state index contributed by atoms with van der Waals surface area (Å²) >= 11 is 1.42. The lowest BCUT2D eigenvalue weighted by Gasteiger charge is -2.20. The molecule has 2 N–H and O–H groups in total. The normalized spacial score (nSPS) is 10.1. The molecular weight excluding hydrogens is 222 g/mol. The monoisotopic (exact) mass is 243 g/mol. The zero-order chi connectivity index (χ0) is 12.8. The van der Waals surface area contributed by atoms with Gasteiger partial charge >= 0.3 is 6.03 Å². The summed E-state index contributed by atoms with van der Waals surface area (Å²) in [5.74, 6) is 0. The van der Waals surface area contributed by atoms with Crippen LogP contribution in [0.15, 0.2) is 5.38 Å². The molecule has 1 aromatic rings. The molecule has 1 heterocycles. The van der Waals surface area contributed by atoms with E-state index < -0.39 is 0 Å². The van der Waals surface area contributed by atoms with Crippen molar-refractivity contribution in [1.29, 1.82) is 0 Å². The van der Waals surface area contributed by atoms with Gasteiger partial charge in [0.15, 0.2) is 5.13 Å². The molecule has 4 nitrogen and oxygen atoms in total. The van der Waals surface area contributed by atoms with Crippen molar-refractivity contribution in [2.45, 2.75) is 47.1 Å². The van der Waals surface area contributed by atoms with Crippen LogP contribution in [-0.4, -0.2) is 16.6 Å². The molecule has 0 unspecified atom stereocenters. The number of aromatic nitrogens is 1. The molecule has 0 aliphatic heterocycles. The van der Waals surface area contributed by atoms with Crippen molar-refractivity contribution < 1.29 is 4.79 Å². The highest BCUT2D eigenvalue weighted by atomic mass is 32.1. The van der Waals surface area contributed by atoms with E-state index in [2.05, 4.69) is 15.6 Å². The number of thiazole rings is 1. The Morgan fingerprint density at radius 3 is 2.31 bits per heavy atom. The van der Waals surface area contributed by atoms with Gasteiger partial charge in [-0.15, -0.1) is 11.3 Å². The third kappa shape index (κ3) is 6.40. The van der Waals surface area contributed by atoms with Crippen molar-refractivity contribution in [3.8, 4) is 0 Å². The SMILES string of the molecule is CC.Cc1csc(NC(=O)NC(C)(C)C)n1. The van der Waals surface area contributed by atoms with Crippen LogP contribution < -0.4 is 10.6 Å². The Kier molecular flexibility index (Phi) is 6.03. The molecule has 0 aliphatic carbocycles. The second-order valence-corrected chi connectivity index (χ2v) is 4.98. The quantitative estimate of drug-likeness (QED) is 0.794. The minimum Gasteiger partial charge on any atom is -0.333 e. The third-order valence-electron chi connectivity index (χ3n) is 1.33. The largest absolute Gasteiger partial charge is 0.333 e. The van der Waals surface area contributed by atoms with E-state index in [1.165, 1.54) is 11.3 Å². The lowest BCUT2D eigenvalue weighted by atomic mass is 10.1. The zero-order valence-electron chi connectivity index (χ0n) is 10.8. The predicted molar refractivity (Wildman–Crippen MR) is 70.1 cm³/mol. The highest BCUT2D eigenvalue weighted by Crippen LogP contribution is 2.14. The highest BCUT2D eigenvalue weighted by molar-refractivity contribution is 7.13. The van der Waals surface area contributed by atoms with Crippen molar-refractivity contribution in [2.75, 3.05) is 5.32 Å². The second kappa shape index (κ2) is 6.48. The van der Waals surface area contributed by atoms with Crippen LogP contribution in [0.4, 0.5) is 9.93 Å². The van der Waals surface area contributed by atoms with E-state index in [-0.39, 0.29) is 11.6 Å². The Balaban J connectivity index is 0.00000106. The maximum Gasteiger partial charge on any atom is 0.321 e. The van der Waals surface area contributed by atoms with E-state index in [0.717, 1.165) is 5.69 Å². The molecule has 2 amide bonds. The molecule has 1 rings (SSSR count). The van der Waals surface area contributed by atoms with Crippen molar-refractivity contribution in [3.63, 3.8) is 0 Å². The summed E-state index contributed by atoms with van der Waals surface area (Å²) in [6.45, 7) is 11.7. The number of carbonyl (C=O) groups is 1. The van der Waals surface area contributed by atoms with Gasteiger partial charge in [-0.2, -0.15) is 0 Å². The number of urea groups is 1. The van der Waals surface area contributed by atoms with Crippen molar-refractivity contribution >= 4 is 22.5 Å². The predicted octanol–water partition coefficient (Wildman–Crippen LogP) is 3.40. The van der Waals surface area contributed by atoms with Gasteiger partial charge in [0, 0.05) is 10.9 Å². The van der Waals surface area contributed by atoms with Crippen molar-refractivity contribution in [2.24, 2.45) is 0 Å². The number of aryl methyl sites for hydroxylation is 1. The third-order valence-corrected chi connectivity index (χ3v) is 2.20. The number of anilines is 1. The molecule has 0 bridgehead atoms. The highest BCUT2D eigenvalue weighted by Gasteiger charge is 2.14. The van der Waals surface area contributed by atoms with Gasteiger partial charge in [0.1, 0.15) is 0 Å². The van der Waals surface area contributed by atoms with E-state index in [1.807, 2.05) is 46.9 Å². The molecule has 0 saturated carbocycles. The van der Waals surface area contributed by atoms with Gasteiger partial charge in [-0.05, 0) is 27.7 Å². The lowest BCUT2D eigenvalue weighted by Crippen LogP contribution is -2.43. The second-order valence-electron chi connectivity index (χ2n) is 4.12. The van der Waals surface area contributed by atoms with Crippen molar-refractivity contribution in [3.05, 3.63) is 11.1 Å². The molecule has 0 radical (unpaired) electrons. The molecule has 0 saturated heterocycles. The number of hydrogen-bond acceptors (Lipinski definition) is 3.